The number of nitrogens with zero attached hydrogens (tertiary/aromatic N) is 2. The molecule has 0 unspecified atom stereocenters. The Morgan fingerprint density at radius 2 is 1.95 bits per heavy atom. The van der Waals surface area contributed by atoms with Gasteiger partial charge < -0.3 is 4.57 Å². The Hall–Kier alpha value is -2.42. The van der Waals surface area contributed by atoms with Gasteiger partial charge >= 0.3 is 0 Å². The molecule has 0 radical (unpaired) electrons. The number of carbonyl (C=O) groups is 1. The van der Waals surface area contributed by atoms with Crippen LogP contribution in [0.15, 0.2) is 42.7 Å². The van der Waals surface area contributed by atoms with Gasteiger partial charge in [-0.1, -0.05) is 29.3 Å². The fourth-order valence-electron chi connectivity index (χ4n) is 2.72. The normalized spacial score (nSPS) is 10.9. The summed E-state index contributed by atoms with van der Waals surface area (Å²) < 4.78 is 2.04. The monoisotopic (exact) mass is 264 g/mol. The minimum absolute atomic E-state index is 0.692. The van der Waals surface area contributed by atoms with Crippen molar-refractivity contribution in [3.63, 3.8) is 0 Å². The van der Waals surface area contributed by atoms with E-state index in [9.17, 15) is 4.79 Å². The second-order valence-electron chi connectivity index (χ2n) is 5.20. The van der Waals surface area contributed by atoms with Crippen LogP contribution < -0.4 is 0 Å². The van der Waals surface area contributed by atoms with E-state index in [1.807, 2.05) is 22.9 Å². The molecule has 2 aromatic heterocycles. The van der Waals surface area contributed by atoms with Crippen LogP contribution in [-0.4, -0.2) is 15.8 Å². The Morgan fingerprint density at radius 3 is 2.65 bits per heavy atom. The first-order valence-corrected chi connectivity index (χ1v) is 6.63. The molecule has 3 heteroatoms. The van der Waals surface area contributed by atoms with Gasteiger partial charge in [0.05, 0.1) is 0 Å². The Balaban J connectivity index is 2.08. The second-order valence-corrected chi connectivity index (χ2v) is 5.20. The van der Waals surface area contributed by atoms with Gasteiger partial charge in [-0.25, -0.2) is 4.98 Å². The van der Waals surface area contributed by atoms with Crippen LogP contribution in [-0.2, 0) is 6.54 Å². The Bertz CT molecular complexity index is 767. The van der Waals surface area contributed by atoms with E-state index < -0.39 is 0 Å². The molecule has 0 atom stereocenters. The maximum absolute atomic E-state index is 11.2. The molecule has 0 fully saturated rings. The summed E-state index contributed by atoms with van der Waals surface area (Å²) in [5, 5.41) is 0.909. The van der Waals surface area contributed by atoms with Gasteiger partial charge in [0.15, 0.2) is 6.29 Å². The third-order valence-electron chi connectivity index (χ3n) is 3.43. The van der Waals surface area contributed by atoms with Crippen LogP contribution in [0.25, 0.3) is 11.0 Å². The van der Waals surface area contributed by atoms with E-state index in [-0.39, 0.29) is 0 Å². The van der Waals surface area contributed by atoms with Crippen LogP contribution in [0.3, 0.4) is 0 Å². The van der Waals surface area contributed by atoms with E-state index in [0.717, 1.165) is 23.9 Å². The standard InChI is InChI=1S/C17H16N2O/c1-12-6-13(2)8-14(7-12)9-19-10-15(11-20)16-4-3-5-18-17(16)19/h3-8,10-11H,9H2,1-2H3. The lowest BCUT2D eigenvalue weighted by atomic mass is 10.1. The molecule has 20 heavy (non-hydrogen) atoms. The SMILES string of the molecule is Cc1cc(C)cc(Cn2cc(C=O)c3cccnc32)c1. The van der Waals surface area contributed by atoms with Crippen LogP contribution >= 0.6 is 0 Å². The molecule has 1 aromatic carbocycles. The lowest BCUT2D eigenvalue weighted by Crippen LogP contribution is -2.00. The Morgan fingerprint density at radius 1 is 1.20 bits per heavy atom. The smallest absolute Gasteiger partial charge is 0.152 e. The summed E-state index contributed by atoms with van der Waals surface area (Å²) in [7, 11) is 0. The van der Waals surface area contributed by atoms with Gasteiger partial charge in [0, 0.05) is 29.9 Å². The molecule has 0 amide bonds. The molecular weight excluding hydrogens is 248 g/mol. The summed E-state index contributed by atoms with van der Waals surface area (Å²) in [4.78, 5) is 15.5. The first-order chi connectivity index (χ1) is 9.67. The van der Waals surface area contributed by atoms with Crippen molar-refractivity contribution >= 4 is 17.3 Å². The molecule has 3 rings (SSSR count). The van der Waals surface area contributed by atoms with Crippen molar-refractivity contribution in [1.82, 2.24) is 9.55 Å². The van der Waals surface area contributed by atoms with Crippen LogP contribution in [0.1, 0.15) is 27.0 Å². The fourth-order valence-corrected chi connectivity index (χ4v) is 2.72. The van der Waals surface area contributed by atoms with Gasteiger partial charge in [-0.3, -0.25) is 4.79 Å². The van der Waals surface area contributed by atoms with Crippen molar-refractivity contribution < 1.29 is 4.79 Å². The quantitative estimate of drug-likeness (QED) is 0.678. The number of aryl methyl sites for hydroxylation is 2. The minimum atomic E-state index is 0.692. The summed E-state index contributed by atoms with van der Waals surface area (Å²) >= 11 is 0. The Labute approximate surface area is 117 Å². The topological polar surface area (TPSA) is 34.9 Å². The lowest BCUT2D eigenvalue weighted by Gasteiger charge is -2.07. The fraction of sp³-hybridized carbons (Fsp3) is 0.176. The second kappa shape index (κ2) is 4.93. The van der Waals surface area contributed by atoms with Gasteiger partial charge in [-0.2, -0.15) is 0 Å². The molecule has 0 saturated carbocycles. The average Bonchev–Trinajstić information content (AvgIpc) is 2.76. The highest BCUT2D eigenvalue weighted by atomic mass is 16.1. The van der Waals surface area contributed by atoms with Crippen molar-refractivity contribution in [3.8, 4) is 0 Å². The first kappa shape index (κ1) is 12.6. The molecule has 2 heterocycles. The third kappa shape index (κ3) is 2.23. The number of carbonyl (C=O) groups excluding carboxylic acids is 1. The lowest BCUT2D eigenvalue weighted by molar-refractivity contribution is 0.112. The molecule has 3 nitrogen and oxygen atoms in total. The number of aromatic nitrogens is 2. The number of fused-ring (bicyclic) bond motifs is 1. The molecule has 0 bridgehead atoms. The summed E-state index contributed by atoms with van der Waals surface area (Å²) in [5.74, 6) is 0. The summed E-state index contributed by atoms with van der Waals surface area (Å²) in [6.45, 7) is 4.92. The van der Waals surface area contributed by atoms with Gasteiger partial charge in [-0.05, 0) is 31.5 Å². The van der Waals surface area contributed by atoms with Crippen molar-refractivity contribution in [2.75, 3.05) is 0 Å². The Kier molecular flexibility index (Phi) is 3.11. The highest BCUT2D eigenvalue weighted by molar-refractivity contribution is 5.95. The minimum Gasteiger partial charge on any atom is -0.327 e. The zero-order valence-corrected chi connectivity index (χ0v) is 11.6. The van der Waals surface area contributed by atoms with E-state index >= 15 is 0 Å². The van der Waals surface area contributed by atoms with E-state index in [1.165, 1.54) is 16.7 Å². The van der Waals surface area contributed by atoms with Crippen molar-refractivity contribution in [2.24, 2.45) is 0 Å². The highest BCUT2D eigenvalue weighted by Crippen LogP contribution is 2.20. The molecule has 0 aliphatic rings. The number of hydrogen-bond donors (Lipinski definition) is 0. The number of pyridine rings is 1. The average molecular weight is 264 g/mol. The van der Waals surface area contributed by atoms with Crippen LogP contribution in [0.4, 0.5) is 0 Å². The molecule has 0 saturated heterocycles. The summed E-state index contributed by atoms with van der Waals surface area (Å²) in [5.41, 5.74) is 5.27. The predicted octanol–water partition coefficient (Wildman–Crippen LogP) is 3.51. The maximum atomic E-state index is 11.2. The maximum Gasteiger partial charge on any atom is 0.152 e. The molecule has 3 aromatic rings. The molecule has 100 valence electrons. The van der Waals surface area contributed by atoms with E-state index in [0.29, 0.717) is 5.56 Å². The van der Waals surface area contributed by atoms with Crippen LogP contribution in [0, 0.1) is 13.8 Å². The third-order valence-corrected chi connectivity index (χ3v) is 3.43. The van der Waals surface area contributed by atoms with Gasteiger partial charge in [-0.15, -0.1) is 0 Å². The van der Waals surface area contributed by atoms with Crippen LogP contribution in [0.2, 0.25) is 0 Å². The largest absolute Gasteiger partial charge is 0.327 e. The number of benzene rings is 1. The molecular formula is C17H16N2O. The van der Waals surface area contributed by atoms with E-state index in [4.69, 9.17) is 0 Å². The van der Waals surface area contributed by atoms with Crippen molar-refractivity contribution in [2.45, 2.75) is 20.4 Å². The van der Waals surface area contributed by atoms with Gasteiger partial charge in [0.2, 0.25) is 0 Å². The van der Waals surface area contributed by atoms with E-state index in [2.05, 4.69) is 37.0 Å². The zero-order valence-electron chi connectivity index (χ0n) is 11.6. The van der Waals surface area contributed by atoms with E-state index in [1.54, 1.807) is 6.20 Å². The molecule has 0 aliphatic heterocycles. The first-order valence-electron chi connectivity index (χ1n) is 6.63. The zero-order chi connectivity index (χ0) is 14.1. The summed E-state index contributed by atoms with van der Waals surface area (Å²) in [6.07, 6.45) is 4.53. The van der Waals surface area contributed by atoms with Gasteiger partial charge in [0.25, 0.3) is 0 Å². The van der Waals surface area contributed by atoms with Gasteiger partial charge in [0.1, 0.15) is 5.65 Å². The predicted molar refractivity (Wildman–Crippen MR) is 80.1 cm³/mol. The van der Waals surface area contributed by atoms with Crippen molar-refractivity contribution in [3.05, 3.63) is 65.0 Å². The number of hydrogen-bond acceptors (Lipinski definition) is 2. The highest BCUT2D eigenvalue weighted by Gasteiger charge is 2.09. The van der Waals surface area contributed by atoms with Crippen molar-refractivity contribution in [1.29, 1.82) is 0 Å². The molecule has 0 spiro atoms. The van der Waals surface area contributed by atoms with Crippen LogP contribution in [0.5, 0.6) is 0 Å². The molecule has 0 aliphatic carbocycles. The number of rotatable bonds is 3. The summed E-state index contributed by atoms with van der Waals surface area (Å²) in [6, 6.07) is 10.3. The molecule has 0 N–H and O–H groups in total. The number of aldehydes is 1.